The van der Waals surface area contributed by atoms with Gasteiger partial charge in [0, 0.05) is 31.0 Å². The summed E-state index contributed by atoms with van der Waals surface area (Å²) in [6.07, 6.45) is 4.69. The third kappa shape index (κ3) is 1.92. The lowest BCUT2D eigenvalue weighted by atomic mass is 9.59. The summed E-state index contributed by atoms with van der Waals surface area (Å²) in [6.45, 7) is 8.60. The molecule has 1 aromatic heterocycles. The molecule has 2 heterocycles. The largest absolute Gasteiger partial charge is 0.216 e. The number of nitrogens with zero attached hydrogens (tertiary/aromatic N) is 1. The lowest BCUT2D eigenvalue weighted by molar-refractivity contribution is -0.769. The quantitative estimate of drug-likeness (QED) is 0.692. The molecule has 1 nitrogen and oxygen atoms in total. The Morgan fingerprint density at radius 2 is 1.70 bits per heavy atom. The molecule has 0 fully saturated rings. The number of aromatic nitrogens is 1. The monoisotopic (exact) mass is 316 g/mol. The van der Waals surface area contributed by atoms with Gasteiger partial charge in [0.1, 0.15) is 11.6 Å². The van der Waals surface area contributed by atoms with Crippen LogP contribution < -0.4 is 4.57 Å². The molecule has 23 heavy (non-hydrogen) atoms. The Labute approximate surface area is 137 Å². The minimum atomic E-state index is -0.494. The number of hydrogen-bond donors (Lipinski definition) is 0. The van der Waals surface area contributed by atoms with E-state index in [2.05, 4.69) is 32.3 Å². The molecule has 0 bridgehead atoms. The second-order valence-corrected chi connectivity index (χ2v) is 6.69. The van der Waals surface area contributed by atoms with Gasteiger partial charge in [0.25, 0.3) is 0 Å². The van der Waals surface area contributed by atoms with Gasteiger partial charge >= 0.3 is 0 Å². The van der Waals surface area contributed by atoms with Crippen molar-refractivity contribution in [2.24, 2.45) is 0 Å². The Morgan fingerprint density at radius 3 is 2.30 bits per heavy atom. The molecule has 3 rings (SSSR count). The van der Waals surface area contributed by atoms with Gasteiger partial charge in [-0.2, -0.15) is 4.57 Å². The summed E-state index contributed by atoms with van der Waals surface area (Å²) in [5.41, 5.74) is 1.68. The van der Waals surface area contributed by atoms with Gasteiger partial charge in [0.05, 0.1) is 11.0 Å². The van der Waals surface area contributed by atoms with Crippen molar-refractivity contribution in [3.63, 3.8) is 0 Å². The number of hydrogen-bond acceptors (Lipinski definition) is 0. The van der Waals surface area contributed by atoms with E-state index in [1.807, 2.05) is 24.4 Å². The Morgan fingerprint density at radius 1 is 1.00 bits per heavy atom. The Kier molecular flexibility index (Phi) is 3.78. The SMILES string of the molecule is CCC1(C)c2cc(F)cc(F)c2-c2cccc[n+]2C1(CC)CC. The van der Waals surface area contributed by atoms with E-state index in [0.717, 1.165) is 36.6 Å². The first-order chi connectivity index (χ1) is 10.9. The van der Waals surface area contributed by atoms with Crippen LogP contribution in [-0.2, 0) is 11.0 Å². The van der Waals surface area contributed by atoms with Crippen LogP contribution >= 0.6 is 0 Å². The highest BCUT2D eigenvalue weighted by Crippen LogP contribution is 2.51. The summed E-state index contributed by atoms with van der Waals surface area (Å²) in [4.78, 5) is 0. The average molecular weight is 316 g/mol. The zero-order valence-corrected chi connectivity index (χ0v) is 14.3. The molecule has 3 heteroatoms. The third-order valence-corrected chi connectivity index (χ3v) is 6.13. The molecule has 122 valence electrons. The van der Waals surface area contributed by atoms with Crippen molar-refractivity contribution in [1.29, 1.82) is 0 Å². The average Bonchev–Trinajstić information content (AvgIpc) is 2.55. The third-order valence-electron chi connectivity index (χ3n) is 6.13. The molecule has 0 amide bonds. The summed E-state index contributed by atoms with van der Waals surface area (Å²) in [5.74, 6) is -0.966. The van der Waals surface area contributed by atoms with Crippen molar-refractivity contribution < 1.29 is 13.3 Å². The van der Waals surface area contributed by atoms with Gasteiger partial charge in [-0.3, -0.25) is 0 Å². The predicted molar refractivity (Wildman–Crippen MR) is 88.2 cm³/mol. The van der Waals surface area contributed by atoms with Gasteiger partial charge < -0.3 is 0 Å². The minimum absolute atomic E-state index is 0.189. The first-order valence-corrected chi connectivity index (χ1v) is 8.46. The molecular formula is C20H24F2N+. The molecule has 1 atom stereocenters. The molecule has 1 aliphatic heterocycles. The number of pyridine rings is 1. The van der Waals surface area contributed by atoms with Crippen molar-refractivity contribution in [2.45, 2.75) is 57.9 Å². The van der Waals surface area contributed by atoms with E-state index in [1.165, 1.54) is 0 Å². The molecule has 0 spiro atoms. The van der Waals surface area contributed by atoms with Crippen LogP contribution in [0.3, 0.4) is 0 Å². The summed E-state index contributed by atoms with van der Waals surface area (Å²) in [7, 11) is 0. The highest BCUT2D eigenvalue weighted by molar-refractivity contribution is 5.66. The van der Waals surface area contributed by atoms with Crippen molar-refractivity contribution in [1.82, 2.24) is 0 Å². The summed E-state index contributed by atoms with van der Waals surface area (Å²) >= 11 is 0. The summed E-state index contributed by atoms with van der Waals surface area (Å²) in [5, 5.41) is 0. The number of benzene rings is 1. The lowest BCUT2D eigenvalue weighted by Crippen LogP contribution is -2.68. The molecule has 0 aliphatic carbocycles. The van der Waals surface area contributed by atoms with E-state index in [4.69, 9.17) is 0 Å². The summed E-state index contributed by atoms with van der Waals surface area (Å²) in [6, 6.07) is 8.39. The van der Waals surface area contributed by atoms with E-state index in [1.54, 1.807) is 6.07 Å². The molecule has 0 saturated heterocycles. The van der Waals surface area contributed by atoms with Gasteiger partial charge in [-0.25, -0.2) is 8.78 Å². The maximum Gasteiger partial charge on any atom is 0.216 e. The first kappa shape index (κ1) is 16.1. The second kappa shape index (κ2) is 5.40. The first-order valence-electron chi connectivity index (χ1n) is 8.46. The van der Waals surface area contributed by atoms with Crippen molar-refractivity contribution >= 4 is 0 Å². The molecule has 1 aromatic carbocycles. The van der Waals surface area contributed by atoms with E-state index < -0.39 is 11.6 Å². The highest BCUT2D eigenvalue weighted by atomic mass is 19.1. The van der Waals surface area contributed by atoms with Crippen molar-refractivity contribution in [3.8, 4) is 11.3 Å². The standard InChI is InChI=1S/C20H24F2N/c1-5-19(4)15-12-14(21)13-16(22)18(15)17-10-8-9-11-23(17)20(19,6-2)7-3/h8-13H,5-7H2,1-4H3/q+1. The van der Waals surface area contributed by atoms with Gasteiger partial charge in [-0.15, -0.1) is 0 Å². The van der Waals surface area contributed by atoms with Gasteiger partial charge in [0.15, 0.2) is 11.7 Å². The van der Waals surface area contributed by atoms with Gasteiger partial charge in [-0.1, -0.05) is 20.8 Å². The topological polar surface area (TPSA) is 3.88 Å². The minimum Gasteiger partial charge on any atom is -0.207 e. The molecular weight excluding hydrogens is 292 g/mol. The zero-order valence-electron chi connectivity index (χ0n) is 14.3. The van der Waals surface area contributed by atoms with Gasteiger partial charge in [-0.05, 0) is 31.0 Å². The van der Waals surface area contributed by atoms with Crippen LogP contribution in [0.5, 0.6) is 0 Å². The normalized spacial score (nSPS) is 21.7. The maximum absolute atomic E-state index is 14.7. The fourth-order valence-electron chi connectivity index (χ4n) is 4.70. The molecule has 1 unspecified atom stereocenters. The Balaban J connectivity index is 2.50. The van der Waals surface area contributed by atoms with E-state index in [0.29, 0.717) is 5.56 Å². The van der Waals surface area contributed by atoms with Crippen LogP contribution in [0.15, 0.2) is 36.5 Å². The maximum atomic E-state index is 14.7. The van der Waals surface area contributed by atoms with E-state index >= 15 is 0 Å². The Hall–Kier alpha value is -1.77. The fourth-order valence-corrected chi connectivity index (χ4v) is 4.70. The van der Waals surface area contributed by atoms with Gasteiger partial charge in [0.2, 0.25) is 5.69 Å². The van der Waals surface area contributed by atoms with Crippen LogP contribution in [0.1, 0.15) is 52.5 Å². The number of rotatable bonds is 3. The second-order valence-electron chi connectivity index (χ2n) is 6.69. The molecule has 0 radical (unpaired) electrons. The van der Waals surface area contributed by atoms with Crippen molar-refractivity contribution in [2.75, 3.05) is 0 Å². The lowest BCUT2D eigenvalue weighted by Gasteiger charge is -2.47. The van der Waals surface area contributed by atoms with Crippen LogP contribution in [0, 0.1) is 11.6 Å². The predicted octanol–water partition coefficient (Wildman–Crippen LogP) is 5.12. The molecule has 0 N–H and O–H groups in total. The summed E-state index contributed by atoms with van der Waals surface area (Å²) < 4.78 is 30.9. The van der Waals surface area contributed by atoms with Crippen LogP contribution in [0.25, 0.3) is 11.3 Å². The fraction of sp³-hybridized carbons (Fsp3) is 0.450. The number of halogens is 2. The smallest absolute Gasteiger partial charge is 0.207 e. The van der Waals surface area contributed by atoms with Crippen LogP contribution in [-0.4, -0.2) is 0 Å². The van der Waals surface area contributed by atoms with E-state index in [9.17, 15) is 8.78 Å². The zero-order chi connectivity index (χ0) is 16.8. The van der Waals surface area contributed by atoms with E-state index in [-0.39, 0.29) is 11.0 Å². The molecule has 2 aromatic rings. The Bertz CT molecular complexity index is 749. The number of fused-ring (bicyclic) bond motifs is 3. The highest BCUT2D eigenvalue weighted by Gasteiger charge is 2.58. The van der Waals surface area contributed by atoms with Crippen LogP contribution in [0.4, 0.5) is 8.78 Å². The van der Waals surface area contributed by atoms with Crippen LogP contribution in [0.2, 0.25) is 0 Å². The molecule has 1 aliphatic rings. The molecule has 0 saturated carbocycles. The van der Waals surface area contributed by atoms with Crippen molar-refractivity contribution in [3.05, 3.63) is 53.7 Å².